The van der Waals surface area contributed by atoms with Crippen LogP contribution in [0.5, 0.6) is 5.75 Å². The Morgan fingerprint density at radius 1 is 1.23 bits per heavy atom. The highest BCUT2D eigenvalue weighted by Crippen LogP contribution is 2.47. The topological polar surface area (TPSA) is 126 Å². The Kier molecular flexibility index (Phi) is 7.84. The summed E-state index contributed by atoms with van der Waals surface area (Å²) >= 11 is 6.67. The molecule has 5 rings (SSSR count). The van der Waals surface area contributed by atoms with E-state index in [0.717, 1.165) is 30.4 Å². The quantitative estimate of drug-likeness (QED) is 0.507. The number of ether oxygens (including phenoxy) is 1. The molecule has 1 saturated heterocycles. The number of hydrogen-bond acceptors (Lipinski definition) is 7. The number of nitrogens with zero attached hydrogens (tertiary/aromatic N) is 4. The molecule has 2 aromatic rings. The molecular formula is C28H35ClN4O6. The lowest BCUT2D eigenvalue weighted by molar-refractivity contribution is -0.162. The van der Waals surface area contributed by atoms with Crippen LogP contribution in [0.15, 0.2) is 16.7 Å². The van der Waals surface area contributed by atoms with Gasteiger partial charge in [-0.05, 0) is 56.7 Å². The van der Waals surface area contributed by atoms with E-state index < -0.39 is 23.3 Å². The average molecular weight is 559 g/mol. The maximum Gasteiger partial charge on any atom is 0.310 e. The van der Waals surface area contributed by atoms with Crippen molar-refractivity contribution in [3.8, 4) is 5.75 Å². The van der Waals surface area contributed by atoms with Crippen molar-refractivity contribution in [1.82, 2.24) is 19.9 Å². The van der Waals surface area contributed by atoms with Crippen molar-refractivity contribution in [3.05, 3.63) is 40.0 Å². The van der Waals surface area contributed by atoms with Gasteiger partial charge in [0.05, 0.1) is 17.4 Å². The van der Waals surface area contributed by atoms with E-state index >= 15 is 0 Å². The van der Waals surface area contributed by atoms with E-state index in [1.165, 1.54) is 0 Å². The van der Waals surface area contributed by atoms with Gasteiger partial charge in [0.2, 0.25) is 23.5 Å². The lowest BCUT2D eigenvalue weighted by Gasteiger charge is -2.44. The number of aliphatic carboxylic acids is 1. The number of aryl methyl sites for hydroxylation is 1. The van der Waals surface area contributed by atoms with Crippen molar-refractivity contribution in [1.29, 1.82) is 0 Å². The maximum absolute atomic E-state index is 14.2. The zero-order chi connectivity index (χ0) is 27.7. The zero-order valence-corrected chi connectivity index (χ0v) is 23.2. The van der Waals surface area contributed by atoms with Crippen LogP contribution in [-0.4, -0.2) is 62.5 Å². The second-order valence-electron chi connectivity index (χ2n) is 11.0. The number of carbonyl (C=O) groups excluding carboxylic acids is 2. The second-order valence-corrected chi connectivity index (χ2v) is 11.5. The van der Waals surface area contributed by atoms with Gasteiger partial charge in [-0.25, -0.2) is 0 Å². The fourth-order valence-electron chi connectivity index (χ4n) is 6.42. The third kappa shape index (κ3) is 5.35. The summed E-state index contributed by atoms with van der Waals surface area (Å²) in [6.45, 7) is 5.09. The molecule has 0 spiro atoms. The predicted octanol–water partition coefficient (Wildman–Crippen LogP) is 4.33. The summed E-state index contributed by atoms with van der Waals surface area (Å²) in [6.07, 6.45) is 5.01. The Labute approximate surface area is 232 Å². The monoisotopic (exact) mass is 558 g/mol. The normalized spacial score (nSPS) is 25.1. The Bertz CT molecular complexity index is 1260. The molecule has 0 radical (unpaired) electrons. The first-order chi connectivity index (χ1) is 18.7. The van der Waals surface area contributed by atoms with Crippen LogP contribution in [0.3, 0.4) is 0 Å². The fourth-order valence-corrected chi connectivity index (χ4v) is 6.68. The summed E-state index contributed by atoms with van der Waals surface area (Å²) in [6, 6.07) is 3.16. The van der Waals surface area contributed by atoms with Crippen molar-refractivity contribution in [2.75, 3.05) is 19.6 Å². The highest BCUT2D eigenvalue weighted by atomic mass is 35.5. The van der Waals surface area contributed by atoms with Gasteiger partial charge in [-0.15, -0.1) is 0 Å². The third-order valence-electron chi connectivity index (χ3n) is 8.62. The van der Waals surface area contributed by atoms with Crippen LogP contribution >= 0.6 is 11.6 Å². The summed E-state index contributed by atoms with van der Waals surface area (Å²) in [5, 5.41) is 14.6. The van der Waals surface area contributed by atoms with Crippen LogP contribution in [0.25, 0.3) is 0 Å². The number of carbonyl (C=O) groups is 3. The van der Waals surface area contributed by atoms with Crippen LogP contribution in [0.4, 0.5) is 0 Å². The van der Waals surface area contributed by atoms with Crippen LogP contribution in [-0.2, 0) is 27.4 Å². The van der Waals surface area contributed by atoms with Crippen molar-refractivity contribution in [2.24, 2.45) is 11.3 Å². The molecule has 1 saturated carbocycles. The number of amides is 2. The molecule has 0 unspecified atom stereocenters. The molecular weight excluding hydrogens is 524 g/mol. The van der Waals surface area contributed by atoms with Crippen LogP contribution in [0, 0.1) is 18.3 Å². The van der Waals surface area contributed by atoms with E-state index in [9.17, 15) is 19.5 Å². The number of carboxylic acid groups (broad SMARTS) is 1. The average Bonchev–Trinajstić information content (AvgIpc) is 3.53. The molecule has 2 fully saturated rings. The first-order valence-electron chi connectivity index (χ1n) is 13.7. The highest BCUT2D eigenvalue weighted by Gasteiger charge is 2.49. The SMILES string of the molecule is Cc1nc(COc2ccc(Cl)c3c2[C@@H](CCN2CCCC2=O)N(C(=O)[C@@H]2CCCC[C@]2(C)C(=O)O)CC3)no1. The van der Waals surface area contributed by atoms with Gasteiger partial charge in [-0.1, -0.05) is 29.6 Å². The first kappa shape index (κ1) is 27.4. The molecule has 0 bridgehead atoms. The minimum absolute atomic E-state index is 0.0798. The molecule has 1 N–H and O–H groups in total. The lowest BCUT2D eigenvalue weighted by Crippen LogP contribution is -2.51. The van der Waals surface area contributed by atoms with E-state index in [-0.39, 0.29) is 18.4 Å². The number of benzene rings is 1. The van der Waals surface area contributed by atoms with Crippen LogP contribution in [0.2, 0.25) is 5.02 Å². The van der Waals surface area contributed by atoms with Gasteiger partial charge in [0, 0.05) is 43.6 Å². The fraction of sp³-hybridized carbons (Fsp3) is 0.607. The molecule has 1 aliphatic carbocycles. The van der Waals surface area contributed by atoms with Crippen molar-refractivity contribution >= 4 is 29.4 Å². The minimum atomic E-state index is -1.12. The molecule has 3 heterocycles. The summed E-state index contributed by atoms with van der Waals surface area (Å²) in [4.78, 5) is 46.8. The van der Waals surface area contributed by atoms with Gasteiger partial charge in [0.15, 0.2) is 6.61 Å². The second kappa shape index (κ2) is 11.2. The minimum Gasteiger partial charge on any atom is -0.485 e. The Hall–Kier alpha value is -3.14. The molecule has 3 aliphatic rings. The Morgan fingerprint density at radius 2 is 2.05 bits per heavy atom. The summed E-state index contributed by atoms with van der Waals surface area (Å²) in [5.74, 6) is -0.180. The smallest absolute Gasteiger partial charge is 0.310 e. The number of carboxylic acids is 1. The van der Waals surface area contributed by atoms with E-state index in [1.54, 1.807) is 26.0 Å². The number of halogens is 1. The van der Waals surface area contributed by atoms with Gasteiger partial charge >= 0.3 is 5.97 Å². The predicted molar refractivity (Wildman–Crippen MR) is 141 cm³/mol. The zero-order valence-electron chi connectivity index (χ0n) is 22.4. The lowest BCUT2D eigenvalue weighted by atomic mass is 9.66. The van der Waals surface area contributed by atoms with Gasteiger partial charge in [-0.2, -0.15) is 4.98 Å². The number of aromatic nitrogens is 2. The summed E-state index contributed by atoms with van der Waals surface area (Å²) in [7, 11) is 0. The Balaban J connectivity index is 1.50. The van der Waals surface area contributed by atoms with E-state index in [1.807, 2.05) is 9.80 Å². The van der Waals surface area contributed by atoms with Crippen molar-refractivity contribution in [2.45, 2.75) is 77.9 Å². The van der Waals surface area contributed by atoms with Gasteiger partial charge in [0.1, 0.15) is 5.75 Å². The third-order valence-corrected chi connectivity index (χ3v) is 8.97. The molecule has 11 heteroatoms. The number of hydrogen-bond donors (Lipinski definition) is 1. The van der Waals surface area contributed by atoms with Crippen LogP contribution in [0.1, 0.15) is 80.8 Å². The molecule has 210 valence electrons. The van der Waals surface area contributed by atoms with E-state index in [0.29, 0.717) is 74.2 Å². The summed E-state index contributed by atoms with van der Waals surface area (Å²) < 4.78 is 11.2. The maximum atomic E-state index is 14.2. The number of rotatable bonds is 8. The largest absolute Gasteiger partial charge is 0.485 e. The molecule has 1 aromatic heterocycles. The van der Waals surface area contributed by atoms with Crippen molar-refractivity contribution < 1.29 is 28.8 Å². The number of likely N-dealkylation sites (tertiary alicyclic amines) is 1. The highest BCUT2D eigenvalue weighted by molar-refractivity contribution is 6.31. The van der Waals surface area contributed by atoms with Crippen LogP contribution < -0.4 is 4.74 Å². The molecule has 3 atom stereocenters. The van der Waals surface area contributed by atoms with Gasteiger partial charge in [-0.3, -0.25) is 14.4 Å². The van der Waals surface area contributed by atoms with Gasteiger partial charge in [0.25, 0.3) is 0 Å². The standard InChI is InChI=1S/C28H35ClN4O6/c1-17-30-23(31-39-17)16-38-22-9-8-20(29)18-10-15-33(21(25(18)22)11-14-32-13-5-7-24(32)34)26(35)19-6-3-4-12-28(19,2)27(36)37/h8-9,19,21H,3-7,10-16H2,1-2H3,(H,36,37)/t19-,21+,28-/m0/s1. The molecule has 2 aliphatic heterocycles. The molecule has 39 heavy (non-hydrogen) atoms. The number of fused-ring (bicyclic) bond motifs is 1. The first-order valence-corrected chi connectivity index (χ1v) is 14.1. The summed E-state index contributed by atoms with van der Waals surface area (Å²) in [5.41, 5.74) is 0.599. The van der Waals surface area contributed by atoms with E-state index in [2.05, 4.69) is 10.1 Å². The van der Waals surface area contributed by atoms with E-state index in [4.69, 9.17) is 20.9 Å². The van der Waals surface area contributed by atoms with Crippen molar-refractivity contribution in [3.63, 3.8) is 0 Å². The van der Waals surface area contributed by atoms with Gasteiger partial charge < -0.3 is 24.2 Å². The molecule has 2 amide bonds. The Morgan fingerprint density at radius 3 is 2.74 bits per heavy atom. The molecule has 1 aromatic carbocycles. The molecule has 10 nitrogen and oxygen atoms in total.